The van der Waals surface area contributed by atoms with Crippen molar-refractivity contribution < 1.29 is 10.8 Å². The molecule has 11 heteroatoms. The van der Waals surface area contributed by atoms with Crippen LogP contribution in [0, 0.1) is 0 Å². The summed E-state index contributed by atoms with van der Waals surface area (Å²) in [5, 5.41) is 0. The summed E-state index contributed by atoms with van der Waals surface area (Å²) in [5.74, 6) is 0.891. The predicted molar refractivity (Wildman–Crippen MR) is 195 cm³/mol. The molecule has 0 aliphatic heterocycles. The topological polar surface area (TPSA) is 86.0 Å². The molecule has 0 saturated heterocycles. The quantitative estimate of drug-likeness (QED) is 0.0581. The first-order valence-electron chi connectivity index (χ1n) is 17.2. The molecule has 0 aliphatic rings. The maximum Gasteiger partial charge on any atom is -0.153 e. The molecular weight excluding hydrogens is 666 g/mol. The van der Waals surface area contributed by atoms with Crippen molar-refractivity contribution >= 4 is 50.2 Å². The molecule has 3 N–H and O–H groups in total. The second kappa shape index (κ2) is 17.2. The molecule has 0 bridgehead atoms. The molecule has 3 heterocycles. The van der Waals surface area contributed by atoms with E-state index in [0.29, 0.717) is 30.1 Å². The van der Waals surface area contributed by atoms with E-state index in [1.807, 2.05) is 18.6 Å². The first-order chi connectivity index (χ1) is 20.5. The number of unbranched alkanes of at least 4 members (excludes halogenated alkanes) is 6. The molecule has 252 valence electrons. The number of nitrogens with zero attached hydrogens (tertiary/aromatic N) is 3. The smallest absolute Gasteiger partial charge is 0.153 e. The fraction of sp³-hybridized carbons (Fsp3) is 0.727. The van der Waals surface area contributed by atoms with Gasteiger partial charge in [0.1, 0.15) is 0 Å². The van der Waals surface area contributed by atoms with Crippen LogP contribution >= 0.6 is 37.8 Å². The van der Waals surface area contributed by atoms with Crippen molar-refractivity contribution in [2.75, 3.05) is 0 Å². The second-order valence-corrected chi connectivity index (χ2v) is 33.6. The summed E-state index contributed by atoms with van der Waals surface area (Å²) in [6.45, 7) is 13.3. The maximum absolute atomic E-state index is 7.93. The van der Waals surface area contributed by atoms with Gasteiger partial charge in [-0.2, -0.15) is 9.90 Å². The average molecular weight is 726 g/mol. The minimum Gasteiger partial charge on any atom is -0.153 e. The molecule has 4 unspecified atom stereocenters. The summed E-state index contributed by atoms with van der Waals surface area (Å²) >= 11 is 0. The molecule has 0 fully saturated rings. The van der Waals surface area contributed by atoms with Crippen molar-refractivity contribution in [2.24, 2.45) is 0 Å². The molecule has 44 heavy (non-hydrogen) atoms. The normalized spacial score (nSPS) is 15.8. The Bertz CT molecular complexity index is 1110. The van der Waals surface area contributed by atoms with Gasteiger partial charge in [0.2, 0.25) is 0 Å². The van der Waals surface area contributed by atoms with Crippen molar-refractivity contribution in [1.82, 2.24) is 29.9 Å². The largest absolute Gasteiger partial charge is 0.153 e. The Morgan fingerprint density at radius 1 is 0.523 bits per heavy atom. The van der Waals surface area contributed by atoms with Crippen LogP contribution in [0.3, 0.4) is 0 Å². The Hall–Kier alpha value is -0.356. The number of nitrogens with one attached hydrogen (secondary N) is 3. The van der Waals surface area contributed by atoms with Crippen LogP contribution in [-0.2, 0) is 10.8 Å². The zero-order chi connectivity index (χ0) is 31.6. The van der Waals surface area contributed by atoms with Crippen LogP contribution in [0.25, 0.3) is 0 Å². The molecule has 0 aliphatic carbocycles. The van der Waals surface area contributed by atoms with Crippen molar-refractivity contribution in [3.05, 3.63) is 35.7 Å². The van der Waals surface area contributed by atoms with Gasteiger partial charge in [-0.05, 0) is 0 Å². The average Bonchev–Trinajstić information content (AvgIpc) is 3.78. The molecule has 3 aromatic heterocycles. The van der Waals surface area contributed by atoms with Crippen LogP contribution < -0.4 is 12.4 Å². The van der Waals surface area contributed by atoms with E-state index in [1.165, 1.54) is 38.5 Å². The number of aromatic nitrogens is 6. The van der Waals surface area contributed by atoms with E-state index < -0.39 is 10.8 Å². The van der Waals surface area contributed by atoms with Gasteiger partial charge in [-0.15, -0.1) is 0 Å². The molecule has 0 radical (unpaired) electrons. The molecule has 6 nitrogen and oxygen atoms in total. The number of hydrogen-bond donors (Lipinski definition) is 3. The fourth-order valence-corrected chi connectivity index (χ4v) is 14.5. The van der Waals surface area contributed by atoms with Crippen LogP contribution in [0.15, 0.2) is 18.6 Å². The zero-order valence-electron chi connectivity index (χ0n) is 28.3. The van der Waals surface area contributed by atoms with Gasteiger partial charge in [0.15, 0.2) is 0 Å². The SMILES string of the molecule is CCCCCC(CC)c1c[nH][c]([Ti]([Cl])([Cl])([Cl])([c]2nc(C(CC)CCCCC)c[nH]2)[c]2nc(C(CC)CCCCC)c[nH]2)n1.P. The summed E-state index contributed by atoms with van der Waals surface area (Å²) in [6, 6.07) is 0. The Balaban J connectivity index is 0.00000675. The minimum atomic E-state index is -6.31. The van der Waals surface area contributed by atoms with Crippen LogP contribution in [0.2, 0.25) is 0 Å². The van der Waals surface area contributed by atoms with Gasteiger partial charge in [-0.1, -0.05) is 0 Å². The molecule has 3 aromatic rings. The van der Waals surface area contributed by atoms with Crippen molar-refractivity contribution in [1.29, 1.82) is 0 Å². The third-order valence-electron chi connectivity index (χ3n) is 9.51. The van der Waals surface area contributed by atoms with Crippen molar-refractivity contribution in [3.8, 4) is 0 Å². The summed E-state index contributed by atoms with van der Waals surface area (Å²) in [5.41, 5.74) is 2.83. The van der Waals surface area contributed by atoms with Gasteiger partial charge in [-0.3, -0.25) is 0 Å². The third-order valence-corrected chi connectivity index (χ3v) is 22.1. The van der Waals surface area contributed by atoms with E-state index >= 15 is 0 Å². The minimum absolute atomic E-state index is 0. The van der Waals surface area contributed by atoms with E-state index in [0.717, 1.165) is 74.9 Å². The van der Waals surface area contributed by atoms with Gasteiger partial charge < -0.3 is 0 Å². The number of imidazole rings is 3. The molecular formula is C33H60Cl3N6PTi. The molecule has 0 spiro atoms. The summed E-state index contributed by atoms with van der Waals surface area (Å²) in [6.07, 6.45) is 22.6. The number of aromatic amines is 3. The Morgan fingerprint density at radius 3 is 1.02 bits per heavy atom. The van der Waals surface area contributed by atoms with Gasteiger partial charge in [-0.25, -0.2) is 0 Å². The summed E-state index contributed by atoms with van der Waals surface area (Å²) < 4.78 is 1.11. The third kappa shape index (κ3) is 8.56. The Kier molecular flexibility index (Phi) is 15.5. The van der Waals surface area contributed by atoms with E-state index in [1.54, 1.807) is 0 Å². The van der Waals surface area contributed by atoms with E-state index in [-0.39, 0.29) is 9.90 Å². The monoisotopic (exact) mass is 724 g/mol. The van der Waals surface area contributed by atoms with Crippen LogP contribution in [0.4, 0.5) is 0 Å². The first-order valence-corrected chi connectivity index (χ1v) is 26.0. The van der Waals surface area contributed by atoms with E-state index in [9.17, 15) is 0 Å². The number of H-pyrrole nitrogens is 3. The molecule has 0 amide bonds. The summed E-state index contributed by atoms with van der Waals surface area (Å²) in [7, 11) is 17.5. The van der Waals surface area contributed by atoms with E-state index in [2.05, 4.69) is 56.5 Å². The van der Waals surface area contributed by atoms with Gasteiger partial charge in [0.25, 0.3) is 0 Å². The van der Waals surface area contributed by atoms with Gasteiger partial charge in [0.05, 0.1) is 0 Å². The predicted octanol–water partition coefficient (Wildman–Crippen LogP) is 10.1. The van der Waals surface area contributed by atoms with Crippen LogP contribution in [0.1, 0.15) is 173 Å². The van der Waals surface area contributed by atoms with E-state index in [4.69, 9.17) is 42.9 Å². The maximum atomic E-state index is 7.93. The fourth-order valence-electron chi connectivity index (χ4n) is 6.40. The Morgan fingerprint density at radius 2 is 0.795 bits per heavy atom. The van der Waals surface area contributed by atoms with Gasteiger partial charge >= 0.3 is 272 Å². The molecule has 3 rings (SSSR count). The van der Waals surface area contributed by atoms with Crippen LogP contribution in [-0.4, -0.2) is 29.9 Å². The molecule has 4 atom stereocenters. The Labute approximate surface area is 280 Å². The van der Waals surface area contributed by atoms with Gasteiger partial charge in [0, 0.05) is 0 Å². The van der Waals surface area contributed by atoms with Crippen molar-refractivity contribution in [2.45, 2.75) is 156 Å². The van der Waals surface area contributed by atoms with Crippen molar-refractivity contribution in [3.63, 3.8) is 0 Å². The van der Waals surface area contributed by atoms with Crippen LogP contribution in [0.5, 0.6) is 0 Å². The molecule has 0 aromatic carbocycles. The zero-order valence-corrected chi connectivity index (χ0v) is 33.5. The summed E-state index contributed by atoms with van der Waals surface area (Å²) in [4.78, 5) is 25.5. The first kappa shape index (κ1) is 39.8. The number of hydrogen-bond acceptors (Lipinski definition) is 3. The molecule has 0 saturated carbocycles. The number of rotatable bonds is 21. The standard InChI is InChI=1S/3C11H19N2.3ClH.H3P.Ti/c3*1-3-5-6-7-10(4-2)11-8-12-9-13-11;;;;;/h3*8,10H,3-7H2,1-2H3,(H,12,13);3*1H;1H3;/q;;;;;;;+3/p-3. The number of halogens is 3. The second-order valence-electron chi connectivity index (χ2n) is 12.8.